The van der Waals surface area contributed by atoms with Gasteiger partial charge in [0.1, 0.15) is 0 Å². The van der Waals surface area contributed by atoms with E-state index >= 15 is 0 Å². The zero-order chi connectivity index (χ0) is 8.48. The van der Waals surface area contributed by atoms with Crippen molar-refractivity contribution >= 4 is 0 Å². The van der Waals surface area contributed by atoms with Gasteiger partial charge in [0.15, 0.2) is 0 Å². The molecule has 2 nitrogen and oxygen atoms in total. The van der Waals surface area contributed by atoms with Crippen LogP contribution in [0, 0.1) is 11.3 Å². The zero-order valence-electron chi connectivity index (χ0n) is 7.93. The maximum atomic E-state index is 5.45. The van der Waals surface area contributed by atoms with E-state index in [0.29, 0.717) is 5.41 Å². The van der Waals surface area contributed by atoms with E-state index < -0.39 is 0 Å². The lowest BCUT2D eigenvalue weighted by molar-refractivity contribution is 0.310. The van der Waals surface area contributed by atoms with E-state index in [1.165, 1.54) is 13.0 Å². The average molecular weight is 156 g/mol. The summed E-state index contributed by atoms with van der Waals surface area (Å²) in [5.74, 6) is 0.916. The van der Waals surface area contributed by atoms with E-state index in [2.05, 4.69) is 25.8 Å². The summed E-state index contributed by atoms with van der Waals surface area (Å²) in [6, 6.07) is 0. The maximum Gasteiger partial charge on any atom is 0.0102 e. The minimum Gasteiger partial charge on any atom is -0.329 e. The molecule has 1 fully saturated rings. The molecule has 0 radical (unpaired) electrons. The first-order valence-corrected chi connectivity index (χ1v) is 4.45. The van der Waals surface area contributed by atoms with Crippen LogP contribution in [0.1, 0.15) is 20.3 Å². The summed E-state index contributed by atoms with van der Waals surface area (Å²) in [5, 5.41) is 0. The molecule has 0 aromatic heterocycles. The Kier molecular flexibility index (Phi) is 2.55. The van der Waals surface area contributed by atoms with Gasteiger partial charge < -0.3 is 10.6 Å². The van der Waals surface area contributed by atoms with Crippen LogP contribution >= 0.6 is 0 Å². The third-order valence-corrected chi connectivity index (χ3v) is 2.76. The second-order valence-corrected chi connectivity index (χ2v) is 4.44. The standard InChI is InChI=1S/C9H20N2/c1-9(2)6-8(9)7-11(3)5-4-10/h8H,4-7,10H2,1-3H3. The Morgan fingerprint density at radius 1 is 1.55 bits per heavy atom. The van der Waals surface area contributed by atoms with Crippen molar-refractivity contribution in [2.45, 2.75) is 20.3 Å². The fourth-order valence-corrected chi connectivity index (χ4v) is 1.58. The van der Waals surface area contributed by atoms with Crippen molar-refractivity contribution in [1.82, 2.24) is 4.90 Å². The lowest BCUT2D eigenvalue weighted by atomic mass is 10.1. The summed E-state index contributed by atoms with van der Waals surface area (Å²) < 4.78 is 0. The largest absolute Gasteiger partial charge is 0.329 e. The molecule has 0 aromatic rings. The highest BCUT2D eigenvalue weighted by molar-refractivity contribution is 4.96. The van der Waals surface area contributed by atoms with Gasteiger partial charge in [0.25, 0.3) is 0 Å². The molecule has 0 bridgehead atoms. The van der Waals surface area contributed by atoms with Crippen molar-refractivity contribution in [1.29, 1.82) is 0 Å². The fraction of sp³-hybridized carbons (Fsp3) is 1.00. The van der Waals surface area contributed by atoms with Crippen molar-refractivity contribution in [3.63, 3.8) is 0 Å². The van der Waals surface area contributed by atoms with Gasteiger partial charge in [0.2, 0.25) is 0 Å². The summed E-state index contributed by atoms with van der Waals surface area (Å²) in [4.78, 5) is 2.33. The van der Waals surface area contributed by atoms with Gasteiger partial charge >= 0.3 is 0 Å². The molecule has 0 aliphatic heterocycles. The molecule has 0 aromatic carbocycles. The quantitative estimate of drug-likeness (QED) is 0.656. The Morgan fingerprint density at radius 3 is 2.45 bits per heavy atom. The van der Waals surface area contributed by atoms with Crippen LogP contribution < -0.4 is 5.73 Å². The molecule has 0 heterocycles. The number of nitrogens with two attached hydrogens (primary N) is 1. The van der Waals surface area contributed by atoms with Crippen molar-refractivity contribution in [2.24, 2.45) is 17.1 Å². The van der Waals surface area contributed by atoms with Gasteiger partial charge in [0, 0.05) is 19.6 Å². The summed E-state index contributed by atoms with van der Waals surface area (Å²) >= 11 is 0. The van der Waals surface area contributed by atoms with Gasteiger partial charge in [-0.3, -0.25) is 0 Å². The highest BCUT2D eigenvalue weighted by Gasteiger charge is 2.45. The molecule has 0 spiro atoms. The average Bonchev–Trinajstić information content (AvgIpc) is 2.39. The lowest BCUT2D eigenvalue weighted by Gasteiger charge is -2.15. The van der Waals surface area contributed by atoms with Crippen LogP contribution in [0.2, 0.25) is 0 Å². The van der Waals surface area contributed by atoms with E-state index in [0.717, 1.165) is 19.0 Å². The molecule has 1 aliphatic carbocycles. The molecule has 1 aliphatic rings. The Hall–Kier alpha value is -0.0800. The van der Waals surface area contributed by atoms with E-state index in [-0.39, 0.29) is 0 Å². The molecular weight excluding hydrogens is 136 g/mol. The molecule has 66 valence electrons. The molecule has 1 atom stereocenters. The smallest absolute Gasteiger partial charge is 0.0102 e. The van der Waals surface area contributed by atoms with Crippen LogP contribution in [0.5, 0.6) is 0 Å². The normalized spacial score (nSPS) is 27.5. The van der Waals surface area contributed by atoms with Crippen LogP contribution in [0.15, 0.2) is 0 Å². The van der Waals surface area contributed by atoms with Gasteiger partial charge in [-0.2, -0.15) is 0 Å². The van der Waals surface area contributed by atoms with Crippen molar-refractivity contribution in [3.05, 3.63) is 0 Å². The number of nitrogens with zero attached hydrogens (tertiary/aromatic N) is 1. The predicted molar refractivity (Wildman–Crippen MR) is 48.4 cm³/mol. The van der Waals surface area contributed by atoms with Crippen LogP contribution in [0.4, 0.5) is 0 Å². The van der Waals surface area contributed by atoms with Gasteiger partial charge in [-0.05, 0) is 24.8 Å². The van der Waals surface area contributed by atoms with Crippen LogP contribution in [0.25, 0.3) is 0 Å². The van der Waals surface area contributed by atoms with E-state index in [9.17, 15) is 0 Å². The number of hydrogen-bond acceptors (Lipinski definition) is 2. The lowest BCUT2D eigenvalue weighted by Crippen LogP contribution is -2.28. The third kappa shape index (κ3) is 2.46. The molecule has 11 heavy (non-hydrogen) atoms. The van der Waals surface area contributed by atoms with Crippen LogP contribution in [0.3, 0.4) is 0 Å². The number of hydrogen-bond donors (Lipinski definition) is 1. The highest BCUT2D eigenvalue weighted by Crippen LogP contribution is 2.51. The highest BCUT2D eigenvalue weighted by atomic mass is 15.1. The van der Waals surface area contributed by atoms with Gasteiger partial charge in [-0.25, -0.2) is 0 Å². The first-order chi connectivity index (χ1) is 5.06. The molecule has 1 rings (SSSR count). The number of likely N-dealkylation sites (N-methyl/N-ethyl adjacent to an activating group) is 1. The van der Waals surface area contributed by atoms with E-state index in [4.69, 9.17) is 5.73 Å². The minimum atomic E-state index is 0.614. The molecule has 1 unspecified atom stereocenters. The second-order valence-electron chi connectivity index (χ2n) is 4.44. The van der Waals surface area contributed by atoms with Gasteiger partial charge in [0.05, 0.1) is 0 Å². The Balaban J connectivity index is 2.13. The van der Waals surface area contributed by atoms with Crippen LogP contribution in [-0.2, 0) is 0 Å². The second kappa shape index (κ2) is 3.11. The molecule has 2 N–H and O–H groups in total. The minimum absolute atomic E-state index is 0.614. The number of rotatable bonds is 4. The summed E-state index contributed by atoms with van der Waals surface area (Å²) in [7, 11) is 2.15. The monoisotopic (exact) mass is 156 g/mol. The Labute approximate surface area is 69.8 Å². The molecule has 0 saturated heterocycles. The molecule has 0 amide bonds. The van der Waals surface area contributed by atoms with Crippen molar-refractivity contribution in [3.8, 4) is 0 Å². The maximum absolute atomic E-state index is 5.45. The summed E-state index contributed by atoms with van der Waals surface area (Å²) in [6.45, 7) is 7.72. The SMILES string of the molecule is CN(CCN)CC1CC1(C)C. The first-order valence-electron chi connectivity index (χ1n) is 4.45. The Morgan fingerprint density at radius 2 is 2.09 bits per heavy atom. The Bertz CT molecular complexity index is 132. The topological polar surface area (TPSA) is 29.3 Å². The van der Waals surface area contributed by atoms with E-state index in [1.807, 2.05) is 0 Å². The summed E-state index contributed by atoms with van der Waals surface area (Å²) in [6.07, 6.45) is 1.39. The zero-order valence-corrected chi connectivity index (χ0v) is 7.93. The fourth-order valence-electron chi connectivity index (χ4n) is 1.58. The van der Waals surface area contributed by atoms with Gasteiger partial charge in [-0.15, -0.1) is 0 Å². The molecular formula is C9H20N2. The van der Waals surface area contributed by atoms with E-state index in [1.54, 1.807) is 0 Å². The first kappa shape index (κ1) is 9.01. The summed E-state index contributed by atoms with van der Waals surface area (Å²) in [5.41, 5.74) is 6.07. The van der Waals surface area contributed by atoms with Crippen LogP contribution in [-0.4, -0.2) is 31.6 Å². The van der Waals surface area contributed by atoms with Crippen molar-refractivity contribution in [2.75, 3.05) is 26.7 Å². The van der Waals surface area contributed by atoms with Crippen molar-refractivity contribution < 1.29 is 0 Å². The predicted octanol–water partition coefficient (Wildman–Crippen LogP) is 0.923. The van der Waals surface area contributed by atoms with Gasteiger partial charge in [-0.1, -0.05) is 13.8 Å². The third-order valence-electron chi connectivity index (χ3n) is 2.76. The molecule has 1 saturated carbocycles. The molecule has 2 heteroatoms.